The summed E-state index contributed by atoms with van der Waals surface area (Å²) in [6.45, 7) is 5.98. The van der Waals surface area contributed by atoms with Gasteiger partial charge >= 0.3 is 5.97 Å². The van der Waals surface area contributed by atoms with Gasteiger partial charge in [0.25, 0.3) is 5.56 Å². The molecule has 1 aromatic rings. The van der Waals surface area contributed by atoms with Crippen LogP contribution >= 0.6 is 0 Å². The van der Waals surface area contributed by atoms with Crippen molar-refractivity contribution in [2.24, 2.45) is 0 Å². The van der Waals surface area contributed by atoms with Crippen LogP contribution in [0.5, 0.6) is 0 Å². The van der Waals surface area contributed by atoms with Gasteiger partial charge in [-0.2, -0.15) is 0 Å². The molecule has 0 radical (unpaired) electrons. The third-order valence-electron chi connectivity index (χ3n) is 2.79. The van der Waals surface area contributed by atoms with Crippen molar-refractivity contribution in [3.63, 3.8) is 0 Å². The average Bonchev–Trinajstić information content (AvgIpc) is 2.46. The van der Waals surface area contributed by atoms with E-state index in [4.69, 9.17) is 4.74 Å². The molecule has 6 nitrogen and oxygen atoms in total. The van der Waals surface area contributed by atoms with Crippen LogP contribution in [0.3, 0.4) is 0 Å². The van der Waals surface area contributed by atoms with Crippen LogP contribution in [0.4, 0.5) is 0 Å². The lowest BCUT2D eigenvalue weighted by Crippen LogP contribution is -2.37. The summed E-state index contributed by atoms with van der Waals surface area (Å²) in [6, 6.07) is 4.81. The molecule has 1 rings (SSSR count). The van der Waals surface area contributed by atoms with Crippen LogP contribution in [0.2, 0.25) is 0 Å². The maximum absolute atomic E-state index is 12.1. The van der Waals surface area contributed by atoms with E-state index in [0.717, 1.165) is 0 Å². The summed E-state index contributed by atoms with van der Waals surface area (Å²) < 4.78 is 6.28. The molecule has 0 aliphatic heterocycles. The van der Waals surface area contributed by atoms with Gasteiger partial charge in [-0.1, -0.05) is 12.1 Å². The lowest BCUT2D eigenvalue weighted by Gasteiger charge is -2.20. The van der Waals surface area contributed by atoms with E-state index >= 15 is 0 Å². The standard InChI is InChI=1S/C15H20N2O4/c1-3-9-17(12-15(20)21-4-2)14(19)8-11-16-10-6-5-7-13(16)18/h3,5-7,10H,1,4,8-9,11-12H2,2H3. The Bertz CT molecular complexity index is 551. The van der Waals surface area contributed by atoms with Gasteiger partial charge in [0.15, 0.2) is 0 Å². The lowest BCUT2D eigenvalue weighted by atomic mass is 10.3. The van der Waals surface area contributed by atoms with Crippen LogP contribution in [0.15, 0.2) is 41.8 Å². The fourth-order valence-electron chi connectivity index (χ4n) is 1.79. The number of hydrogen-bond donors (Lipinski definition) is 0. The first-order valence-corrected chi connectivity index (χ1v) is 6.78. The van der Waals surface area contributed by atoms with Gasteiger partial charge in [0, 0.05) is 31.8 Å². The molecule has 1 amide bonds. The van der Waals surface area contributed by atoms with Crippen molar-refractivity contribution in [3.05, 3.63) is 47.4 Å². The predicted octanol–water partition coefficient (Wildman–Crippen LogP) is 0.816. The van der Waals surface area contributed by atoms with Gasteiger partial charge in [0.05, 0.1) is 6.61 Å². The summed E-state index contributed by atoms with van der Waals surface area (Å²) in [5, 5.41) is 0. The predicted molar refractivity (Wildman–Crippen MR) is 78.7 cm³/mol. The average molecular weight is 292 g/mol. The Hall–Kier alpha value is -2.37. The Kier molecular flexibility index (Phi) is 6.94. The number of amides is 1. The van der Waals surface area contributed by atoms with Crippen molar-refractivity contribution in [2.75, 3.05) is 19.7 Å². The fourth-order valence-corrected chi connectivity index (χ4v) is 1.79. The number of aryl methyl sites for hydroxylation is 1. The Morgan fingerprint density at radius 3 is 2.81 bits per heavy atom. The summed E-state index contributed by atoms with van der Waals surface area (Å²) in [4.78, 5) is 36.5. The third kappa shape index (κ3) is 5.64. The molecule has 0 N–H and O–H groups in total. The van der Waals surface area contributed by atoms with Crippen LogP contribution < -0.4 is 5.56 Å². The Balaban J connectivity index is 2.60. The van der Waals surface area contributed by atoms with Gasteiger partial charge in [0.2, 0.25) is 5.91 Å². The molecule has 0 aliphatic carbocycles. The molecule has 0 atom stereocenters. The second kappa shape index (κ2) is 8.73. The summed E-state index contributed by atoms with van der Waals surface area (Å²) >= 11 is 0. The number of carbonyl (C=O) groups is 2. The van der Waals surface area contributed by atoms with E-state index in [9.17, 15) is 14.4 Å². The maximum atomic E-state index is 12.1. The Morgan fingerprint density at radius 2 is 2.19 bits per heavy atom. The molecule has 0 fully saturated rings. The van der Waals surface area contributed by atoms with E-state index in [1.54, 1.807) is 31.3 Å². The molecule has 0 saturated heterocycles. The Morgan fingerprint density at radius 1 is 1.43 bits per heavy atom. The molecule has 0 aliphatic rings. The number of nitrogens with zero attached hydrogens (tertiary/aromatic N) is 2. The van der Waals surface area contributed by atoms with Crippen molar-refractivity contribution in [2.45, 2.75) is 19.9 Å². The van der Waals surface area contributed by atoms with Crippen molar-refractivity contribution in [1.29, 1.82) is 0 Å². The van der Waals surface area contributed by atoms with Gasteiger partial charge in [-0.25, -0.2) is 0 Å². The minimum atomic E-state index is -0.454. The van der Waals surface area contributed by atoms with Crippen LogP contribution in [-0.4, -0.2) is 41.0 Å². The second-order valence-corrected chi connectivity index (χ2v) is 4.35. The summed E-state index contributed by atoms with van der Waals surface area (Å²) in [5.74, 6) is -0.678. The maximum Gasteiger partial charge on any atom is 0.325 e. The fraction of sp³-hybridized carbons (Fsp3) is 0.400. The molecule has 114 valence electrons. The second-order valence-electron chi connectivity index (χ2n) is 4.35. The number of aromatic nitrogens is 1. The molecular formula is C15H20N2O4. The van der Waals surface area contributed by atoms with E-state index < -0.39 is 5.97 Å². The lowest BCUT2D eigenvalue weighted by molar-refractivity contribution is -0.148. The molecule has 0 bridgehead atoms. The molecule has 1 aromatic heterocycles. The number of carbonyl (C=O) groups excluding carboxylic acids is 2. The van der Waals surface area contributed by atoms with Gasteiger partial charge < -0.3 is 14.2 Å². The number of esters is 1. The first-order valence-electron chi connectivity index (χ1n) is 6.78. The number of hydrogen-bond acceptors (Lipinski definition) is 4. The van der Waals surface area contributed by atoms with Gasteiger partial charge in [-0.3, -0.25) is 14.4 Å². The monoisotopic (exact) mass is 292 g/mol. The summed E-state index contributed by atoms with van der Waals surface area (Å²) in [5.41, 5.74) is -0.161. The normalized spacial score (nSPS) is 9.95. The number of rotatable bonds is 8. The molecule has 21 heavy (non-hydrogen) atoms. The van der Waals surface area contributed by atoms with E-state index in [-0.39, 0.29) is 44.1 Å². The SMILES string of the molecule is C=CCN(CC(=O)OCC)C(=O)CCn1ccccc1=O. The van der Waals surface area contributed by atoms with E-state index in [0.29, 0.717) is 0 Å². The smallest absolute Gasteiger partial charge is 0.325 e. The van der Waals surface area contributed by atoms with Crippen molar-refractivity contribution < 1.29 is 14.3 Å². The molecule has 1 heterocycles. The van der Waals surface area contributed by atoms with Crippen LogP contribution in [0.1, 0.15) is 13.3 Å². The third-order valence-corrected chi connectivity index (χ3v) is 2.79. The molecule has 0 aromatic carbocycles. The molecule has 0 saturated carbocycles. The number of pyridine rings is 1. The van der Waals surface area contributed by atoms with E-state index in [1.165, 1.54) is 15.5 Å². The highest BCUT2D eigenvalue weighted by Crippen LogP contribution is 1.98. The summed E-state index contributed by atoms with van der Waals surface area (Å²) in [7, 11) is 0. The van der Waals surface area contributed by atoms with Crippen LogP contribution in [0.25, 0.3) is 0 Å². The van der Waals surface area contributed by atoms with E-state index in [1.807, 2.05) is 0 Å². The topological polar surface area (TPSA) is 68.6 Å². The summed E-state index contributed by atoms with van der Waals surface area (Å²) in [6.07, 6.45) is 3.31. The minimum Gasteiger partial charge on any atom is -0.465 e. The van der Waals surface area contributed by atoms with E-state index in [2.05, 4.69) is 6.58 Å². The van der Waals surface area contributed by atoms with Gasteiger partial charge in [-0.05, 0) is 13.0 Å². The first kappa shape index (κ1) is 16.7. The highest BCUT2D eigenvalue weighted by Gasteiger charge is 2.16. The zero-order chi connectivity index (χ0) is 15.7. The minimum absolute atomic E-state index is 0.109. The molecule has 6 heteroatoms. The largest absolute Gasteiger partial charge is 0.465 e. The van der Waals surface area contributed by atoms with Crippen molar-refractivity contribution >= 4 is 11.9 Å². The number of ether oxygens (including phenoxy) is 1. The zero-order valence-electron chi connectivity index (χ0n) is 12.2. The van der Waals surface area contributed by atoms with Crippen molar-refractivity contribution in [1.82, 2.24) is 9.47 Å². The van der Waals surface area contributed by atoms with Crippen LogP contribution in [0, 0.1) is 0 Å². The molecule has 0 unspecified atom stereocenters. The van der Waals surface area contributed by atoms with Gasteiger partial charge in [-0.15, -0.1) is 6.58 Å². The van der Waals surface area contributed by atoms with Crippen LogP contribution in [-0.2, 0) is 20.9 Å². The highest BCUT2D eigenvalue weighted by atomic mass is 16.5. The van der Waals surface area contributed by atoms with Crippen molar-refractivity contribution in [3.8, 4) is 0 Å². The molecular weight excluding hydrogens is 272 g/mol. The quantitative estimate of drug-likeness (QED) is 0.525. The Labute approximate surface area is 123 Å². The first-order chi connectivity index (χ1) is 10.1. The molecule has 0 spiro atoms. The van der Waals surface area contributed by atoms with Gasteiger partial charge in [0.1, 0.15) is 6.54 Å². The zero-order valence-corrected chi connectivity index (χ0v) is 12.2. The highest BCUT2D eigenvalue weighted by molar-refractivity contribution is 5.82.